The molecule has 1 saturated heterocycles. The summed E-state index contributed by atoms with van der Waals surface area (Å²) >= 11 is 7.86. The maximum Gasteiger partial charge on any atom is 0.0611 e. The fourth-order valence-electron chi connectivity index (χ4n) is 1.24. The van der Waals surface area contributed by atoms with E-state index in [1.54, 1.807) is 0 Å². The third-order valence-electron chi connectivity index (χ3n) is 2.15. The van der Waals surface area contributed by atoms with Crippen LogP contribution in [0.25, 0.3) is 0 Å². The van der Waals surface area contributed by atoms with Crippen LogP contribution in [0.2, 0.25) is 5.02 Å². The molecule has 2 nitrogen and oxygen atoms in total. The van der Waals surface area contributed by atoms with E-state index >= 15 is 0 Å². The summed E-state index contributed by atoms with van der Waals surface area (Å²) in [7, 11) is 0. The van der Waals surface area contributed by atoms with Crippen LogP contribution in [0.1, 0.15) is 5.56 Å². The van der Waals surface area contributed by atoms with Crippen molar-refractivity contribution >= 4 is 23.4 Å². The zero-order valence-electron chi connectivity index (χ0n) is 7.70. The molecular weight excluding hydrogens is 218 g/mol. The van der Waals surface area contributed by atoms with E-state index in [0.29, 0.717) is 11.8 Å². The standard InChI is InChI=1S/C10H12ClNOS/c11-10-3-8(2-1-7(10)4-12)14-9-5-13-6-9/h1-3,9H,4-6,12H2. The second-order valence-corrected chi connectivity index (χ2v) is 5.02. The molecule has 0 atom stereocenters. The molecular formula is C10H12ClNOS. The summed E-state index contributed by atoms with van der Waals surface area (Å²) in [6.45, 7) is 2.19. The Hall–Kier alpha value is -0.220. The number of benzene rings is 1. The highest BCUT2D eigenvalue weighted by atomic mass is 35.5. The Labute approximate surface area is 92.8 Å². The molecule has 0 amide bonds. The van der Waals surface area contributed by atoms with Gasteiger partial charge in [-0.3, -0.25) is 0 Å². The summed E-state index contributed by atoms with van der Waals surface area (Å²) < 4.78 is 5.11. The molecule has 1 aliphatic heterocycles. The second kappa shape index (κ2) is 4.53. The van der Waals surface area contributed by atoms with Gasteiger partial charge in [0.1, 0.15) is 0 Å². The summed E-state index contributed by atoms with van der Waals surface area (Å²) in [5, 5.41) is 1.35. The third kappa shape index (κ3) is 2.23. The fraction of sp³-hybridized carbons (Fsp3) is 0.400. The van der Waals surface area contributed by atoms with Gasteiger partial charge in [0.15, 0.2) is 0 Å². The van der Waals surface area contributed by atoms with Crippen molar-refractivity contribution in [2.45, 2.75) is 16.7 Å². The van der Waals surface area contributed by atoms with E-state index in [1.165, 1.54) is 4.90 Å². The van der Waals surface area contributed by atoms with Crippen LogP contribution in [0.3, 0.4) is 0 Å². The van der Waals surface area contributed by atoms with E-state index in [0.717, 1.165) is 23.8 Å². The minimum atomic E-state index is 0.496. The van der Waals surface area contributed by atoms with E-state index in [9.17, 15) is 0 Å². The summed E-state index contributed by atoms with van der Waals surface area (Å²) in [6.07, 6.45) is 0. The van der Waals surface area contributed by atoms with Crippen molar-refractivity contribution in [3.63, 3.8) is 0 Å². The minimum Gasteiger partial charge on any atom is -0.379 e. The van der Waals surface area contributed by atoms with Crippen LogP contribution in [0.4, 0.5) is 0 Å². The monoisotopic (exact) mass is 229 g/mol. The molecule has 0 unspecified atom stereocenters. The van der Waals surface area contributed by atoms with Crippen LogP contribution < -0.4 is 5.73 Å². The molecule has 0 radical (unpaired) electrons. The Morgan fingerprint density at radius 3 is 2.79 bits per heavy atom. The Balaban J connectivity index is 2.07. The number of thioether (sulfide) groups is 1. The van der Waals surface area contributed by atoms with Crippen molar-refractivity contribution in [1.82, 2.24) is 0 Å². The van der Waals surface area contributed by atoms with Crippen molar-refractivity contribution < 1.29 is 4.74 Å². The fourth-order valence-corrected chi connectivity index (χ4v) is 2.61. The zero-order chi connectivity index (χ0) is 9.97. The Kier molecular flexibility index (Phi) is 3.34. The van der Waals surface area contributed by atoms with E-state index in [1.807, 2.05) is 23.9 Å². The first-order valence-corrected chi connectivity index (χ1v) is 5.78. The van der Waals surface area contributed by atoms with Crippen molar-refractivity contribution in [1.29, 1.82) is 0 Å². The van der Waals surface area contributed by atoms with E-state index in [2.05, 4.69) is 6.07 Å². The van der Waals surface area contributed by atoms with Gasteiger partial charge in [0.05, 0.1) is 18.5 Å². The van der Waals surface area contributed by atoms with Crippen LogP contribution in [0, 0.1) is 0 Å². The number of rotatable bonds is 3. The summed E-state index contributed by atoms with van der Waals surface area (Å²) in [6, 6.07) is 6.04. The molecule has 1 aliphatic rings. The van der Waals surface area contributed by atoms with Crippen LogP contribution in [0.15, 0.2) is 23.1 Å². The van der Waals surface area contributed by atoms with Gasteiger partial charge in [0.25, 0.3) is 0 Å². The lowest BCUT2D eigenvalue weighted by Gasteiger charge is -2.25. The molecule has 76 valence electrons. The van der Waals surface area contributed by atoms with Gasteiger partial charge in [0, 0.05) is 16.5 Å². The van der Waals surface area contributed by atoms with Gasteiger partial charge in [-0.25, -0.2) is 0 Å². The normalized spacial score (nSPS) is 16.7. The molecule has 0 spiro atoms. The molecule has 2 rings (SSSR count). The minimum absolute atomic E-state index is 0.496. The molecule has 0 aliphatic carbocycles. The van der Waals surface area contributed by atoms with E-state index in [4.69, 9.17) is 22.1 Å². The molecule has 0 saturated carbocycles. The number of hydrogen-bond acceptors (Lipinski definition) is 3. The number of hydrogen-bond donors (Lipinski definition) is 1. The number of nitrogens with two attached hydrogens (primary N) is 1. The predicted octanol–water partition coefficient (Wildman–Crippen LogP) is 2.29. The average Bonchev–Trinajstić information content (AvgIpc) is 2.12. The molecule has 0 aromatic heterocycles. The number of ether oxygens (including phenoxy) is 1. The van der Waals surface area contributed by atoms with Gasteiger partial charge in [0.2, 0.25) is 0 Å². The maximum atomic E-state index is 6.05. The maximum absolute atomic E-state index is 6.05. The topological polar surface area (TPSA) is 35.2 Å². The van der Waals surface area contributed by atoms with Crippen LogP contribution in [-0.2, 0) is 11.3 Å². The third-order valence-corrected chi connectivity index (χ3v) is 3.64. The highest BCUT2D eigenvalue weighted by Gasteiger charge is 2.19. The molecule has 1 aromatic rings. The quantitative estimate of drug-likeness (QED) is 0.864. The smallest absolute Gasteiger partial charge is 0.0611 e. The molecule has 4 heteroatoms. The van der Waals surface area contributed by atoms with Gasteiger partial charge >= 0.3 is 0 Å². The largest absolute Gasteiger partial charge is 0.379 e. The van der Waals surface area contributed by atoms with Crippen LogP contribution in [-0.4, -0.2) is 18.5 Å². The van der Waals surface area contributed by atoms with Gasteiger partial charge in [-0.05, 0) is 17.7 Å². The van der Waals surface area contributed by atoms with Crippen molar-refractivity contribution in [3.05, 3.63) is 28.8 Å². The average molecular weight is 230 g/mol. The predicted molar refractivity (Wildman–Crippen MR) is 59.8 cm³/mol. The lowest BCUT2D eigenvalue weighted by molar-refractivity contribution is 0.0455. The first-order chi connectivity index (χ1) is 6.79. The van der Waals surface area contributed by atoms with Gasteiger partial charge in [-0.1, -0.05) is 17.7 Å². The van der Waals surface area contributed by atoms with Crippen LogP contribution in [0.5, 0.6) is 0 Å². The summed E-state index contributed by atoms with van der Waals surface area (Å²) in [4.78, 5) is 1.19. The van der Waals surface area contributed by atoms with Gasteiger partial charge in [-0.15, -0.1) is 11.8 Å². The summed E-state index contributed by atoms with van der Waals surface area (Å²) in [5.74, 6) is 0. The van der Waals surface area contributed by atoms with E-state index < -0.39 is 0 Å². The van der Waals surface area contributed by atoms with Crippen molar-refractivity contribution in [2.24, 2.45) is 5.73 Å². The second-order valence-electron chi connectivity index (χ2n) is 3.23. The number of halogens is 1. The molecule has 1 fully saturated rings. The summed E-state index contributed by atoms with van der Waals surface area (Å²) in [5.41, 5.74) is 6.53. The first kappa shape index (κ1) is 10.3. The van der Waals surface area contributed by atoms with Crippen molar-refractivity contribution in [2.75, 3.05) is 13.2 Å². The molecule has 0 bridgehead atoms. The molecule has 14 heavy (non-hydrogen) atoms. The van der Waals surface area contributed by atoms with Crippen molar-refractivity contribution in [3.8, 4) is 0 Å². The molecule has 1 aromatic carbocycles. The SMILES string of the molecule is NCc1ccc(SC2COC2)cc1Cl. The Morgan fingerprint density at radius 2 is 2.29 bits per heavy atom. The lowest BCUT2D eigenvalue weighted by atomic mass is 10.2. The van der Waals surface area contributed by atoms with E-state index in [-0.39, 0.29) is 0 Å². The Bertz CT molecular complexity index is 328. The molecule has 1 heterocycles. The highest BCUT2D eigenvalue weighted by molar-refractivity contribution is 8.00. The van der Waals surface area contributed by atoms with Crippen LogP contribution >= 0.6 is 23.4 Å². The Morgan fingerprint density at radius 1 is 1.50 bits per heavy atom. The van der Waals surface area contributed by atoms with Gasteiger partial charge < -0.3 is 10.5 Å². The van der Waals surface area contributed by atoms with Gasteiger partial charge in [-0.2, -0.15) is 0 Å². The molecule has 2 N–H and O–H groups in total. The highest BCUT2D eigenvalue weighted by Crippen LogP contribution is 2.30. The lowest BCUT2D eigenvalue weighted by Crippen LogP contribution is -2.29. The zero-order valence-corrected chi connectivity index (χ0v) is 9.27. The first-order valence-electron chi connectivity index (χ1n) is 4.52.